The highest BCUT2D eigenvalue weighted by Crippen LogP contribution is 2.26. The van der Waals surface area contributed by atoms with Crippen molar-refractivity contribution in [1.29, 1.82) is 0 Å². The van der Waals surface area contributed by atoms with Crippen LogP contribution in [0.15, 0.2) is 15.7 Å². The molecule has 1 aliphatic carbocycles. The molecule has 21 heavy (non-hydrogen) atoms. The Kier molecular flexibility index (Phi) is 4.38. The molecule has 0 radical (unpaired) electrons. The Bertz CT molecular complexity index is 587. The molecule has 1 saturated carbocycles. The van der Waals surface area contributed by atoms with Crippen LogP contribution in [0.4, 0.5) is 0 Å². The molecule has 2 N–H and O–H groups in total. The Morgan fingerprint density at radius 2 is 2.29 bits per heavy atom. The van der Waals surface area contributed by atoms with Gasteiger partial charge in [-0.05, 0) is 49.6 Å². The summed E-state index contributed by atoms with van der Waals surface area (Å²) in [5.74, 6) is 0. The minimum Gasteiger partial charge on any atom is -0.374 e. The Labute approximate surface area is 130 Å². The van der Waals surface area contributed by atoms with Gasteiger partial charge in [-0.25, -0.2) is 13.1 Å². The van der Waals surface area contributed by atoms with Crippen LogP contribution in [0.2, 0.25) is 0 Å². The molecule has 118 valence electrons. The first-order valence-corrected chi connectivity index (χ1v) is 9.78. The van der Waals surface area contributed by atoms with E-state index in [0.29, 0.717) is 23.4 Å². The smallest absolute Gasteiger partial charge is 0.250 e. The van der Waals surface area contributed by atoms with E-state index >= 15 is 0 Å². The Morgan fingerprint density at radius 3 is 2.95 bits per heavy atom. The molecule has 2 aliphatic rings. The highest BCUT2D eigenvalue weighted by atomic mass is 32.2. The fourth-order valence-corrected chi connectivity index (χ4v) is 4.84. The molecule has 1 aromatic rings. The standard InChI is InChI=1S/C14H22N2O3S2/c1-14(5-2-6-19-14)10-16-21(17,18)13-7-11(9-20-13)8-15-12-3-4-12/h7,9,12,15-16H,2-6,8,10H2,1H3. The van der Waals surface area contributed by atoms with Gasteiger partial charge < -0.3 is 10.1 Å². The molecule has 3 rings (SSSR count). The maximum atomic E-state index is 12.3. The third-order valence-electron chi connectivity index (χ3n) is 4.00. The lowest BCUT2D eigenvalue weighted by molar-refractivity contribution is 0.0250. The van der Waals surface area contributed by atoms with Crippen LogP contribution in [0.25, 0.3) is 0 Å². The first-order valence-electron chi connectivity index (χ1n) is 7.41. The van der Waals surface area contributed by atoms with Crippen molar-refractivity contribution in [3.05, 3.63) is 17.0 Å². The lowest BCUT2D eigenvalue weighted by Gasteiger charge is -2.22. The van der Waals surface area contributed by atoms with E-state index in [1.165, 1.54) is 24.2 Å². The molecule has 2 fully saturated rings. The molecule has 0 spiro atoms. The molecule has 1 atom stereocenters. The Hall–Kier alpha value is -0.470. The van der Waals surface area contributed by atoms with Gasteiger partial charge in [0, 0.05) is 25.7 Å². The average Bonchev–Trinajstić information content (AvgIpc) is 2.97. The minimum atomic E-state index is -3.43. The summed E-state index contributed by atoms with van der Waals surface area (Å²) in [7, 11) is -3.43. The number of ether oxygens (including phenoxy) is 1. The van der Waals surface area contributed by atoms with Crippen LogP contribution in [-0.2, 0) is 21.3 Å². The van der Waals surface area contributed by atoms with Crippen LogP contribution >= 0.6 is 11.3 Å². The van der Waals surface area contributed by atoms with Crippen molar-refractivity contribution in [3.63, 3.8) is 0 Å². The first kappa shape index (κ1) is 15.4. The number of thiophene rings is 1. The maximum Gasteiger partial charge on any atom is 0.250 e. The van der Waals surface area contributed by atoms with Gasteiger partial charge in [0.1, 0.15) is 4.21 Å². The van der Waals surface area contributed by atoms with E-state index in [1.807, 2.05) is 12.3 Å². The van der Waals surface area contributed by atoms with E-state index in [0.717, 1.165) is 24.9 Å². The van der Waals surface area contributed by atoms with Crippen molar-refractivity contribution in [2.45, 2.75) is 55.0 Å². The van der Waals surface area contributed by atoms with Crippen molar-refractivity contribution < 1.29 is 13.2 Å². The van der Waals surface area contributed by atoms with Crippen LogP contribution in [0.3, 0.4) is 0 Å². The summed E-state index contributed by atoms with van der Waals surface area (Å²) < 4.78 is 33.3. The molecule has 7 heteroatoms. The highest BCUT2D eigenvalue weighted by Gasteiger charge is 2.31. The van der Waals surface area contributed by atoms with Gasteiger partial charge in [-0.1, -0.05) is 0 Å². The summed E-state index contributed by atoms with van der Waals surface area (Å²) in [5.41, 5.74) is 0.677. The van der Waals surface area contributed by atoms with E-state index < -0.39 is 10.0 Å². The fraction of sp³-hybridized carbons (Fsp3) is 0.714. The summed E-state index contributed by atoms with van der Waals surface area (Å²) in [6.45, 7) is 3.76. The van der Waals surface area contributed by atoms with Gasteiger partial charge in [0.25, 0.3) is 0 Å². The van der Waals surface area contributed by atoms with E-state index in [2.05, 4.69) is 10.0 Å². The van der Waals surface area contributed by atoms with Gasteiger partial charge >= 0.3 is 0 Å². The van der Waals surface area contributed by atoms with Crippen LogP contribution in [-0.4, -0.2) is 33.2 Å². The number of hydrogen-bond donors (Lipinski definition) is 2. The summed E-state index contributed by atoms with van der Waals surface area (Å²) in [6.07, 6.45) is 4.36. The van der Waals surface area contributed by atoms with Crippen molar-refractivity contribution in [1.82, 2.24) is 10.0 Å². The van der Waals surface area contributed by atoms with Crippen molar-refractivity contribution in [2.75, 3.05) is 13.2 Å². The molecule has 2 heterocycles. The zero-order valence-electron chi connectivity index (χ0n) is 12.2. The van der Waals surface area contributed by atoms with Crippen LogP contribution in [0, 0.1) is 0 Å². The first-order chi connectivity index (χ1) is 9.97. The number of nitrogens with one attached hydrogen (secondary N) is 2. The third kappa shape index (κ3) is 4.04. The lowest BCUT2D eigenvalue weighted by Crippen LogP contribution is -2.39. The largest absolute Gasteiger partial charge is 0.374 e. The maximum absolute atomic E-state index is 12.3. The molecule has 0 amide bonds. The zero-order chi connectivity index (χ0) is 14.9. The van der Waals surface area contributed by atoms with E-state index in [4.69, 9.17) is 4.74 Å². The lowest BCUT2D eigenvalue weighted by atomic mass is 10.0. The second-order valence-corrected chi connectivity index (χ2v) is 9.06. The van der Waals surface area contributed by atoms with Crippen molar-refractivity contribution in [3.8, 4) is 0 Å². The van der Waals surface area contributed by atoms with E-state index in [1.54, 1.807) is 6.07 Å². The molecule has 1 saturated heterocycles. The molecule has 1 unspecified atom stereocenters. The molecule has 0 bridgehead atoms. The Balaban J connectivity index is 1.58. The predicted molar refractivity (Wildman–Crippen MR) is 83.0 cm³/mol. The predicted octanol–water partition coefficient (Wildman–Crippen LogP) is 1.85. The van der Waals surface area contributed by atoms with Gasteiger partial charge in [-0.3, -0.25) is 0 Å². The van der Waals surface area contributed by atoms with Crippen molar-refractivity contribution >= 4 is 21.4 Å². The number of hydrogen-bond acceptors (Lipinski definition) is 5. The quantitative estimate of drug-likeness (QED) is 0.801. The summed E-state index contributed by atoms with van der Waals surface area (Å²) in [5, 5.41) is 5.31. The number of rotatable bonds is 7. The topological polar surface area (TPSA) is 67.4 Å². The summed E-state index contributed by atoms with van der Waals surface area (Å²) in [4.78, 5) is 0. The molecular formula is C14H22N2O3S2. The van der Waals surface area contributed by atoms with Gasteiger partial charge in [0.2, 0.25) is 10.0 Å². The second kappa shape index (κ2) is 5.96. The van der Waals surface area contributed by atoms with E-state index in [-0.39, 0.29) is 5.60 Å². The van der Waals surface area contributed by atoms with Crippen molar-refractivity contribution in [2.24, 2.45) is 0 Å². The second-order valence-electron chi connectivity index (χ2n) is 6.16. The molecule has 0 aromatic carbocycles. The monoisotopic (exact) mass is 330 g/mol. The average molecular weight is 330 g/mol. The van der Waals surface area contributed by atoms with Gasteiger partial charge in [0.15, 0.2) is 0 Å². The normalized spacial score (nSPS) is 26.3. The molecule has 1 aliphatic heterocycles. The van der Waals surface area contributed by atoms with Crippen LogP contribution in [0.5, 0.6) is 0 Å². The summed E-state index contributed by atoms with van der Waals surface area (Å²) in [6, 6.07) is 2.39. The van der Waals surface area contributed by atoms with E-state index in [9.17, 15) is 8.42 Å². The van der Waals surface area contributed by atoms with Gasteiger partial charge in [-0.15, -0.1) is 11.3 Å². The van der Waals surface area contributed by atoms with Gasteiger partial charge in [-0.2, -0.15) is 0 Å². The van der Waals surface area contributed by atoms with Crippen LogP contribution in [0.1, 0.15) is 38.2 Å². The van der Waals surface area contributed by atoms with Crippen LogP contribution < -0.4 is 10.0 Å². The third-order valence-corrected chi connectivity index (χ3v) is 6.89. The van der Waals surface area contributed by atoms with Gasteiger partial charge in [0.05, 0.1) is 5.60 Å². The number of sulfonamides is 1. The highest BCUT2D eigenvalue weighted by molar-refractivity contribution is 7.91. The molecule has 5 nitrogen and oxygen atoms in total. The molecular weight excluding hydrogens is 308 g/mol. The molecule has 1 aromatic heterocycles. The Morgan fingerprint density at radius 1 is 1.48 bits per heavy atom. The minimum absolute atomic E-state index is 0.336. The SMILES string of the molecule is CC1(CNS(=O)(=O)c2cc(CNC3CC3)cs2)CCCO1. The zero-order valence-corrected chi connectivity index (χ0v) is 13.9. The fourth-order valence-electron chi connectivity index (χ4n) is 2.43. The summed E-state index contributed by atoms with van der Waals surface area (Å²) >= 11 is 1.28.